The second-order valence-corrected chi connectivity index (χ2v) is 7.78. The van der Waals surface area contributed by atoms with Gasteiger partial charge in [-0.3, -0.25) is 0 Å². The number of hydrogen-bond acceptors (Lipinski definition) is 0. The van der Waals surface area contributed by atoms with E-state index in [1.54, 1.807) is 0 Å². The second-order valence-electron chi connectivity index (χ2n) is 7.78. The summed E-state index contributed by atoms with van der Waals surface area (Å²) in [5.74, 6) is 19.9. The van der Waals surface area contributed by atoms with Crippen molar-refractivity contribution in [3.8, 4) is 35.5 Å². The molecule has 5 rings (SSSR count). The number of hydrogen-bond donors (Lipinski definition) is 0. The fraction of sp³-hybridized carbons (Fsp3) is 0. The molecule has 5 aromatic rings. The summed E-state index contributed by atoms with van der Waals surface area (Å²) in [6, 6.07) is 40.5. The Morgan fingerprint density at radius 2 is 0.794 bits per heavy atom. The van der Waals surface area contributed by atoms with Gasteiger partial charge in [0.05, 0.1) is 0 Å². The van der Waals surface area contributed by atoms with Crippen LogP contribution in [0.15, 0.2) is 121 Å². The van der Waals surface area contributed by atoms with Crippen LogP contribution in [0.3, 0.4) is 0 Å². The maximum absolute atomic E-state index is 3.40. The molecule has 0 N–H and O–H groups in total. The fourth-order valence-electron chi connectivity index (χ4n) is 3.69. The Morgan fingerprint density at radius 1 is 0.324 bits per heavy atom. The van der Waals surface area contributed by atoms with Crippen molar-refractivity contribution in [1.82, 2.24) is 0 Å². The van der Waals surface area contributed by atoms with Crippen molar-refractivity contribution in [2.45, 2.75) is 0 Å². The highest BCUT2D eigenvalue weighted by Crippen LogP contribution is 2.24. The molecule has 0 radical (unpaired) electrons. The van der Waals surface area contributed by atoms with Crippen LogP contribution in [0, 0.1) is 35.5 Å². The van der Waals surface area contributed by atoms with E-state index in [9.17, 15) is 0 Å². The predicted molar refractivity (Wildman–Crippen MR) is 141 cm³/mol. The summed E-state index contributed by atoms with van der Waals surface area (Å²) in [6.45, 7) is 0. The van der Waals surface area contributed by atoms with Gasteiger partial charge in [-0.15, -0.1) is 0 Å². The molecule has 156 valence electrons. The molecule has 0 aliphatic heterocycles. The first-order valence-electron chi connectivity index (χ1n) is 11.1. The summed E-state index contributed by atoms with van der Waals surface area (Å²) in [5, 5.41) is 2.14. The van der Waals surface area contributed by atoms with Crippen LogP contribution in [0.2, 0.25) is 0 Å². The van der Waals surface area contributed by atoms with Gasteiger partial charge >= 0.3 is 0 Å². The smallest absolute Gasteiger partial charge is 0.0352 e. The van der Waals surface area contributed by atoms with E-state index in [1.165, 1.54) is 0 Å². The van der Waals surface area contributed by atoms with Crippen LogP contribution >= 0.6 is 0 Å². The topological polar surface area (TPSA) is 0 Å². The molecule has 5 aromatic carbocycles. The van der Waals surface area contributed by atoms with Crippen LogP contribution in [-0.4, -0.2) is 0 Å². The van der Waals surface area contributed by atoms with E-state index < -0.39 is 0 Å². The van der Waals surface area contributed by atoms with Crippen molar-refractivity contribution in [2.75, 3.05) is 0 Å². The van der Waals surface area contributed by atoms with Gasteiger partial charge in [-0.2, -0.15) is 0 Å². The van der Waals surface area contributed by atoms with Crippen molar-refractivity contribution in [2.24, 2.45) is 0 Å². The highest BCUT2D eigenvalue weighted by atomic mass is 14.1. The molecule has 0 saturated carbocycles. The van der Waals surface area contributed by atoms with E-state index in [0.717, 1.165) is 44.2 Å². The number of fused-ring (bicyclic) bond motifs is 1. The van der Waals surface area contributed by atoms with E-state index in [0.29, 0.717) is 0 Å². The van der Waals surface area contributed by atoms with Crippen molar-refractivity contribution in [3.63, 3.8) is 0 Å². The molecule has 34 heavy (non-hydrogen) atoms. The molecule has 0 atom stereocenters. The highest BCUT2D eigenvalue weighted by molar-refractivity contribution is 5.94. The normalized spacial score (nSPS) is 9.65. The molecule has 0 amide bonds. The van der Waals surface area contributed by atoms with Crippen molar-refractivity contribution in [1.29, 1.82) is 0 Å². The highest BCUT2D eigenvalue weighted by Gasteiger charge is 2.06. The summed E-state index contributed by atoms with van der Waals surface area (Å²) in [4.78, 5) is 0. The van der Waals surface area contributed by atoms with Crippen LogP contribution in [-0.2, 0) is 0 Å². The van der Waals surface area contributed by atoms with Crippen LogP contribution in [0.4, 0.5) is 0 Å². The van der Waals surface area contributed by atoms with Crippen LogP contribution in [0.25, 0.3) is 10.8 Å². The molecule has 0 aromatic heterocycles. The van der Waals surface area contributed by atoms with Gasteiger partial charge in [-0.05, 0) is 60.0 Å². The zero-order valence-corrected chi connectivity index (χ0v) is 18.5. The first kappa shape index (κ1) is 20.9. The largest absolute Gasteiger partial charge is 0.0622 e. The monoisotopic (exact) mass is 428 g/mol. The van der Waals surface area contributed by atoms with Gasteiger partial charge in [0.2, 0.25) is 0 Å². The molecule has 0 bridgehead atoms. The predicted octanol–water partition coefficient (Wildman–Crippen LogP) is 7.04. The van der Waals surface area contributed by atoms with Gasteiger partial charge in [-0.25, -0.2) is 0 Å². The van der Waals surface area contributed by atoms with E-state index in [4.69, 9.17) is 0 Å². The van der Waals surface area contributed by atoms with Gasteiger partial charge in [0.25, 0.3) is 0 Å². The molecule has 0 unspecified atom stereocenters. The molecule has 0 spiro atoms. The summed E-state index contributed by atoms with van der Waals surface area (Å²) in [6.07, 6.45) is 0. The van der Waals surface area contributed by atoms with Gasteiger partial charge in [0.15, 0.2) is 0 Å². The summed E-state index contributed by atoms with van der Waals surface area (Å²) < 4.78 is 0. The zero-order chi connectivity index (χ0) is 23.0. The first-order chi connectivity index (χ1) is 16.8. The Labute approximate surface area is 200 Å². The minimum absolute atomic E-state index is 0.927. The van der Waals surface area contributed by atoms with Gasteiger partial charge in [0, 0.05) is 38.8 Å². The molecular formula is C34H20. The number of benzene rings is 5. The van der Waals surface area contributed by atoms with Gasteiger partial charge < -0.3 is 0 Å². The molecule has 0 aliphatic carbocycles. The third-order valence-corrected chi connectivity index (χ3v) is 5.33. The Hall–Kier alpha value is -4.96. The van der Waals surface area contributed by atoms with Crippen molar-refractivity contribution in [3.05, 3.63) is 155 Å². The van der Waals surface area contributed by atoms with Gasteiger partial charge in [-0.1, -0.05) is 102 Å². The molecule has 0 heteroatoms. The van der Waals surface area contributed by atoms with Crippen LogP contribution < -0.4 is 0 Å². The fourth-order valence-corrected chi connectivity index (χ4v) is 3.69. The lowest BCUT2D eigenvalue weighted by atomic mass is 9.96. The first-order valence-corrected chi connectivity index (χ1v) is 11.1. The Bertz CT molecular complexity index is 1620. The maximum Gasteiger partial charge on any atom is 0.0352 e. The van der Waals surface area contributed by atoms with Crippen LogP contribution in [0.1, 0.15) is 33.4 Å². The van der Waals surface area contributed by atoms with Crippen molar-refractivity contribution < 1.29 is 0 Å². The average molecular weight is 429 g/mol. The van der Waals surface area contributed by atoms with E-state index >= 15 is 0 Å². The summed E-state index contributed by atoms with van der Waals surface area (Å²) >= 11 is 0. The Balaban J connectivity index is 1.66. The molecule has 0 heterocycles. The maximum atomic E-state index is 3.40. The second kappa shape index (κ2) is 10.1. The molecule has 0 saturated heterocycles. The minimum atomic E-state index is 0.927. The summed E-state index contributed by atoms with van der Waals surface area (Å²) in [5.41, 5.74) is 5.77. The van der Waals surface area contributed by atoms with E-state index in [1.807, 2.05) is 97.1 Å². The lowest BCUT2D eigenvalue weighted by molar-refractivity contribution is 1.61. The zero-order valence-electron chi connectivity index (χ0n) is 18.5. The lowest BCUT2D eigenvalue weighted by Crippen LogP contribution is -1.89. The Kier molecular flexibility index (Phi) is 6.22. The lowest BCUT2D eigenvalue weighted by Gasteiger charge is -2.06. The SMILES string of the molecule is C(#Cc1cc(C#Cc2ccccc2)c2c(C#Cc3ccccc3)cccc2c1)c1ccccc1. The minimum Gasteiger partial charge on any atom is -0.0622 e. The third-order valence-electron chi connectivity index (χ3n) is 5.33. The van der Waals surface area contributed by atoms with Crippen molar-refractivity contribution >= 4 is 10.8 Å². The quantitative estimate of drug-likeness (QED) is 0.232. The molecule has 0 nitrogen and oxygen atoms in total. The standard InChI is InChI=1S/C34H20/c1-4-11-27(12-5-1)19-20-30-25-32-18-10-17-31(23-21-28-13-6-2-7-14-28)34(32)33(26-30)24-22-29-15-8-3-9-16-29/h1-18,25-26H. The van der Waals surface area contributed by atoms with Crippen LogP contribution in [0.5, 0.6) is 0 Å². The Morgan fingerprint density at radius 3 is 1.35 bits per heavy atom. The number of rotatable bonds is 0. The molecule has 0 aliphatic rings. The van der Waals surface area contributed by atoms with Gasteiger partial charge in [0.1, 0.15) is 0 Å². The van der Waals surface area contributed by atoms with E-state index in [-0.39, 0.29) is 0 Å². The molecule has 0 fully saturated rings. The third kappa shape index (κ3) is 5.09. The van der Waals surface area contributed by atoms with E-state index in [2.05, 4.69) is 59.8 Å². The average Bonchev–Trinajstić information content (AvgIpc) is 2.91. The summed E-state index contributed by atoms with van der Waals surface area (Å²) in [7, 11) is 0. The molecular weight excluding hydrogens is 408 g/mol.